The number of carbonyl (C=O) groups excluding carboxylic acids is 2. The summed E-state index contributed by atoms with van der Waals surface area (Å²) >= 11 is 0. The van der Waals surface area contributed by atoms with E-state index in [1.165, 1.54) is 45.6 Å². The Kier molecular flexibility index (Phi) is 9.98. The zero-order valence-corrected chi connectivity index (χ0v) is 18.9. The van der Waals surface area contributed by atoms with Crippen molar-refractivity contribution < 1.29 is 14.3 Å². The monoisotopic (exact) mass is 400 g/mol. The Balaban J connectivity index is 1.75. The highest BCUT2D eigenvalue weighted by molar-refractivity contribution is 5.91. The lowest BCUT2D eigenvalue weighted by molar-refractivity contribution is -0.140. The molecular formula is C26H40O3. The van der Waals surface area contributed by atoms with Gasteiger partial charge in [-0.25, -0.2) is 0 Å². The van der Waals surface area contributed by atoms with E-state index >= 15 is 0 Å². The first-order valence-electron chi connectivity index (χ1n) is 11.7. The van der Waals surface area contributed by atoms with Gasteiger partial charge in [0.2, 0.25) is 0 Å². The summed E-state index contributed by atoms with van der Waals surface area (Å²) in [6, 6.07) is 0. The maximum atomic E-state index is 12.5. The molecule has 0 spiro atoms. The summed E-state index contributed by atoms with van der Waals surface area (Å²) in [4.78, 5) is 23.7. The molecule has 0 bridgehead atoms. The van der Waals surface area contributed by atoms with Crippen molar-refractivity contribution in [2.45, 2.75) is 85.0 Å². The van der Waals surface area contributed by atoms with Gasteiger partial charge in [-0.05, 0) is 61.9 Å². The van der Waals surface area contributed by atoms with E-state index in [0.717, 1.165) is 12.8 Å². The zero-order valence-electron chi connectivity index (χ0n) is 18.9. The van der Waals surface area contributed by atoms with E-state index in [2.05, 4.69) is 31.8 Å². The topological polar surface area (TPSA) is 43.4 Å². The van der Waals surface area contributed by atoms with Crippen molar-refractivity contribution in [1.29, 1.82) is 0 Å². The normalized spacial score (nSPS) is 27.4. The lowest BCUT2D eigenvalue weighted by atomic mass is 9.83. The second kappa shape index (κ2) is 12.2. The van der Waals surface area contributed by atoms with Crippen LogP contribution in [0.4, 0.5) is 0 Å². The molecule has 0 amide bonds. The molecule has 5 atom stereocenters. The first-order chi connectivity index (χ1) is 13.9. The van der Waals surface area contributed by atoms with Gasteiger partial charge in [0.25, 0.3) is 0 Å². The Morgan fingerprint density at radius 2 is 1.83 bits per heavy atom. The molecular weight excluding hydrogens is 360 g/mol. The number of unbranched alkanes of at least 4 members (excludes halogenated alkanes) is 3. The quantitative estimate of drug-likeness (QED) is 0.186. The Bertz CT molecular complexity index is 620. The summed E-state index contributed by atoms with van der Waals surface area (Å²) in [5.41, 5.74) is 0. The molecule has 0 aromatic rings. The van der Waals surface area contributed by atoms with E-state index in [1.54, 1.807) is 0 Å². The average Bonchev–Trinajstić information content (AvgIpc) is 3.47. The van der Waals surface area contributed by atoms with E-state index in [4.69, 9.17) is 4.74 Å². The van der Waals surface area contributed by atoms with Crippen LogP contribution in [0.1, 0.15) is 85.0 Å². The van der Waals surface area contributed by atoms with Crippen molar-refractivity contribution in [3.63, 3.8) is 0 Å². The van der Waals surface area contributed by atoms with Gasteiger partial charge in [-0.15, -0.1) is 5.92 Å². The van der Waals surface area contributed by atoms with E-state index in [0.29, 0.717) is 42.4 Å². The molecule has 2 fully saturated rings. The van der Waals surface area contributed by atoms with Crippen LogP contribution in [0, 0.1) is 47.3 Å². The third-order valence-electron chi connectivity index (χ3n) is 6.78. The molecule has 0 radical (unpaired) electrons. The molecule has 162 valence electrons. The highest BCUT2D eigenvalue weighted by Gasteiger charge is 2.36. The summed E-state index contributed by atoms with van der Waals surface area (Å²) in [5, 5.41) is 0. The van der Waals surface area contributed by atoms with Gasteiger partial charge >= 0.3 is 5.97 Å². The maximum absolute atomic E-state index is 12.5. The summed E-state index contributed by atoms with van der Waals surface area (Å²) in [6.45, 7) is 6.70. The van der Waals surface area contributed by atoms with E-state index in [9.17, 15) is 9.59 Å². The van der Waals surface area contributed by atoms with Crippen LogP contribution in [0.2, 0.25) is 0 Å². The van der Waals surface area contributed by atoms with E-state index < -0.39 is 0 Å². The fourth-order valence-corrected chi connectivity index (χ4v) is 4.69. The van der Waals surface area contributed by atoms with Crippen LogP contribution in [0.5, 0.6) is 0 Å². The Morgan fingerprint density at radius 3 is 2.52 bits per heavy atom. The maximum Gasteiger partial charge on any atom is 0.305 e. The van der Waals surface area contributed by atoms with Crippen LogP contribution >= 0.6 is 0 Å². The van der Waals surface area contributed by atoms with E-state index in [1.807, 2.05) is 13.0 Å². The van der Waals surface area contributed by atoms with Crippen molar-refractivity contribution in [3.05, 3.63) is 12.2 Å². The standard InChI is InChI=1S/C26H40O3/c1-19(10-9-11-22-14-15-22)25(27)17-16-24-21(3)18-20(2)23(24)12-7-5-6-8-13-26(28)29-4/h16-17,19-24H,5-8,10,12-15,18H2,1-4H3/b17-16+/t19-,20-,21+,23-,24-/m0/s1. The van der Waals surface area contributed by atoms with Crippen LogP contribution in [-0.2, 0) is 14.3 Å². The van der Waals surface area contributed by atoms with Crippen LogP contribution in [-0.4, -0.2) is 18.9 Å². The minimum atomic E-state index is -0.106. The summed E-state index contributed by atoms with van der Waals surface area (Å²) < 4.78 is 4.69. The summed E-state index contributed by atoms with van der Waals surface area (Å²) in [7, 11) is 1.45. The minimum absolute atomic E-state index is 0.0000987. The molecule has 3 heteroatoms. The fourth-order valence-electron chi connectivity index (χ4n) is 4.69. The van der Waals surface area contributed by atoms with Gasteiger partial charge in [-0.2, -0.15) is 0 Å². The average molecular weight is 401 g/mol. The number of esters is 1. The van der Waals surface area contributed by atoms with Crippen molar-refractivity contribution >= 4 is 11.8 Å². The number of hydrogen-bond donors (Lipinski definition) is 0. The molecule has 3 nitrogen and oxygen atoms in total. The molecule has 0 N–H and O–H groups in total. The first kappa shape index (κ1) is 23.7. The molecule has 0 heterocycles. The molecule has 0 aliphatic heterocycles. The smallest absolute Gasteiger partial charge is 0.305 e. The SMILES string of the molecule is COC(=O)CCCCCC[C@@H]1[C@@H](/C=C/C(=O)[C@@H](C)CC#CC2CC2)[C@H](C)C[C@@H]1C. The largest absolute Gasteiger partial charge is 0.469 e. The van der Waals surface area contributed by atoms with Crippen LogP contribution in [0.3, 0.4) is 0 Å². The van der Waals surface area contributed by atoms with Crippen molar-refractivity contribution in [1.82, 2.24) is 0 Å². The molecule has 2 saturated carbocycles. The number of allylic oxidation sites excluding steroid dienone is 2. The predicted molar refractivity (Wildman–Crippen MR) is 118 cm³/mol. The van der Waals surface area contributed by atoms with Gasteiger partial charge in [0, 0.05) is 24.7 Å². The van der Waals surface area contributed by atoms with Gasteiger partial charge < -0.3 is 4.74 Å². The highest BCUT2D eigenvalue weighted by Crippen LogP contribution is 2.44. The van der Waals surface area contributed by atoms with Crippen LogP contribution in [0.25, 0.3) is 0 Å². The van der Waals surface area contributed by atoms with Gasteiger partial charge in [-0.3, -0.25) is 9.59 Å². The molecule has 0 unspecified atom stereocenters. The summed E-state index contributed by atoms with van der Waals surface area (Å²) in [6.07, 6.45) is 14.6. The first-order valence-corrected chi connectivity index (χ1v) is 11.7. The zero-order chi connectivity index (χ0) is 21.2. The number of hydrogen-bond acceptors (Lipinski definition) is 3. The van der Waals surface area contributed by atoms with E-state index in [-0.39, 0.29) is 17.7 Å². The fraction of sp³-hybridized carbons (Fsp3) is 0.769. The minimum Gasteiger partial charge on any atom is -0.469 e. The Morgan fingerprint density at radius 1 is 1.10 bits per heavy atom. The van der Waals surface area contributed by atoms with Crippen LogP contribution in [0.15, 0.2) is 12.2 Å². The van der Waals surface area contributed by atoms with Crippen LogP contribution < -0.4 is 0 Å². The third-order valence-corrected chi connectivity index (χ3v) is 6.78. The third kappa shape index (κ3) is 8.37. The molecule has 2 aliphatic rings. The number of rotatable bonds is 11. The number of ketones is 1. The molecule has 2 aliphatic carbocycles. The Hall–Kier alpha value is -1.56. The number of methoxy groups -OCH3 is 1. The van der Waals surface area contributed by atoms with Crippen molar-refractivity contribution in [2.75, 3.05) is 7.11 Å². The molecule has 0 aromatic heterocycles. The second-order valence-corrected chi connectivity index (χ2v) is 9.42. The predicted octanol–water partition coefficient (Wildman–Crippen LogP) is 5.97. The lowest BCUT2D eigenvalue weighted by Crippen LogP contribution is -2.15. The van der Waals surface area contributed by atoms with Crippen molar-refractivity contribution in [2.24, 2.45) is 35.5 Å². The van der Waals surface area contributed by atoms with Gasteiger partial charge in [-0.1, -0.05) is 52.0 Å². The van der Waals surface area contributed by atoms with Crippen molar-refractivity contribution in [3.8, 4) is 11.8 Å². The molecule has 0 saturated heterocycles. The highest BCUT2D eigenvalue weighted by atomic mass is 16.5. The lowest BCUT2D eigenvalue weighted by Gasteiger charge is -2.22. The molecule has 0 aromatic carbocycles. The molecule has 29 heavy (non-hydrogen) atoms. The summed E-state index contributed by atoms with van der Waals surface area (Å²) in [5.74, 6) is 9.71. The number of carbonyl (C=O) groups is 2. The van der Waals surface area contributed by atoms with Gasteiger partial charge in [0.05, 0.1) is 7.11 Å². The molecule has 2 rings (SSSR count). The second-order valence-electron chi connectivity index (χ2n) is 9.42. The number of ether oxygens (including phenoxy) is 1. The Labute approximate surface area is 178 Å². The van der Waals surface area contributed by atoms with Gasteiger partial charge in [0.1, 0.15) is 0 Å². The van der Waals surface area contributed by atoms with Gasteiger partial charge in [0.15, 0.2) is 5.78 Å².